The standard InChI is InChI=1S/C31H41Br2ClN4O6S3/c32-24-18-28(45-29(24)34)47(43,44)37-14-10-21(11-15-37)5-3-4-20-8-12-36(13-9-20)30-25(33)17-23(19-35-30)46(41,42)38-26-7-2-1-6-22(26)16-27(38)31(39)40/h17-22,26-27H,1-16H2,(H,39,40)/t22?,26?,27-/m0/s1. The monoisotopic (exact) mass is 854 g/mol. The summed E-state index contributed by atoms with van der Waals surface area (Å²) in [5.41, 5.74) is 0. The highest BCUT2D eigenvalue weighted by Crippen LogP contribution is 2.43. The molecule has 3 saturated heterocycles. The van der Waals surface area contributed by atoms with Crippen LogP contribution in [-0.2, 0) is 24.8 Å². The molecule has 47 heavy (non-hydrogen) atoms. The summed E-state index contributed by atoms with van der Waals surface area (Å²) in [5, 5.41) is 9.87. The van der Waals surface area contributed by atoms with Gasteiger partial charge in [-0.15, -0.1) is 11.3 Å². The van der Waals surface area contributed by atoms with E-state index in [1.54, 1.807) is 16.4 Å². The molecule has 4 fully saturated rings. The Bertz CT molecular complexity index is 1660. The third kappa shape index (κ3) is 7.62. The van der Waals surface area contributed by atoms with E-state index in [4.69, 9.17) is 11.6 Å². The van der Waals surface area contributed by atoms with Crippen LogP contribution in [0.25, 0.3) is 0 Å². The first-order chi connectivity index (χ1) is 22.4. The van der Waals surface area contributed by atoms with Gasteiger partial charge < -0.3 is 10.0 Å². The van der Waals surface area contributed by atoms with Crippen LogP contribution in [-0.4, -0.2) is 79.8 Å². The number of fused-ring (bicyclic) bond motifs is 1. The molecular weight excluding hydrogens is 816 g/mol. The highest BCUT2D eigenvalue weighted by Gasteiger charge is 2.51. The predicted octanol–water partition coefficient (Wildman–Crippen LogP) is 7.22. The number of halogens is 3. The van der Waals surface area contributed by atoms with Gasteiger partial charge in [-0.1, -0.05) is 43.7 Å². The van der Waals surface area contributed by atoms with Crippen molar-refractivity contribution in [3.8, 4) is 0 Å². The summed E-state index contributed by atoms with van der Waals surface area (Å²) in [6.07, 6.45) is 12.4. The van der Waals surface area contributed by atoms with Crippen molar-refractivity contribution in [3.05, 3.63) is 31.6 Å². The molecule has 1 aliphatic carbocycles. The summed E-state index contributed by atoms with van der Waals surface area (Å²) in [6.45, 7) is 2.75. The molecule has 0 radical (unpaired) electrons. The minimum absolute atomic E-state index is 0.0351. The highest BCUT2D eigenvalue weighted by molar-refractivity contribution is 9.11. The molecular formula is C31H41Br2ClN4O6S3. The highest BCUT2D eigenvalue weighted by atomic mass is 79.9. The van der Waals surface area contributed by atoms with Crippen LogP contribution in [0.4, 0.5) is 5.82 Å². The molecule has 2 aromatic rings. The summed E-state index contributed by atoms with van der Waals surface area (Å²) in [4.78, 5) is 18.9. The Morgan fingerprint density at radius 2 is 1.55 bits per heavy atom. The van der Waals surface area contributed by atoms with Crippen LogP contribution in [0.2, 0.25) is 4.34 Å². The van der Waals surface area contributed by atoms with E-state index in [0.717, 1.165) is 88.6 Å². The maximum atomic E-state index is 13.8. The number of piperidine rings is 2. The van der Waals surface area contributed by atoms with Crippen molar-refractivity contribution >= 4 is 86.6 Å². The van der Waals surface area contributed by atoms with E-state index in [0.29, 0.717) is 56.9 Å². The lowest BCUT2D eigenvalue weighted by Crippen LogP contribution is -2.46. The fourth-order valence-corrected chi connectivity index (χ4v) is 14.6. The van der Waals surface area contributed by atoms with Crippen LogP contribution in [0, 0.1) is 17.8 Å². The molecule has 2 aromatic heterocycles. The van der Waals surface area contributed by atoms with Gasteiger partial charge in [-0.25, -0.2) is 21.8 Å². The minimum atomic E-state index is -4.02. The van der Waals surface area contributed by atoms with Crippen LogP contribution in [0.1, 0.15) is 77.0 Å². The molecule has 10 nitrogen and oxygen atoms in total. The predicted molar refractivity (Wildman–Crippen MR) is 190 cm³/mol. The van der Waals surface area contributed by atoms with Gasteiger partial charge in [0.15, 0.2) is 0 Å². The number of aromatic nitrogens is 1. The molecule has 1 saturated carbocycles. The van der Waals surface area contributed by atoms with Crippen LogP contribution in [0.3, 0.4) is 0 Å². The molecule has 1 N–H and O–H groups in total. The van der Waals surface area contributed by atoms with Crippen molar-refractivity contribution < 1.29 is 26.7 Å². The SMILES string of the molecule is O=C(O)[C@@H]1CC2CCCCC2N1S(=O)(=O)c1cnc(N2CCC(CCCC3CCN(S(=O)(=O)c4cc(Br)c(Cl)s4)CC3)CC2)c(Br)c1. The molecule has 0 bridgehead atoms. The summed E-state index contributed by atoms with van der Waals surface area (Å²) in [5.74, 6) is 0.866. The molecule has 260 valence electrons. The average Bonchev–Trinajstić information content (AvgIpc) is 3.62. The number of rotatable bonds is 10. The number of aliphatic carboxylic acids is 1. The molecule has 0 amide bonds. The number of thiophene rings is 1. The first-order valence-corrected chi connectivity index (χ1v) is 22.1. The van der Waals surface area contributed by atoms with Gasteiger partial charge in [0, 0.05) is 42.9 Å². The van der Waals surface area contributed by atoms with E-state index in [1.807, 2.05) is 0 Å². The average molecular weight is 857 g/mol. The maximum Gasteiger partial charge on any atom is 0.322 e. The minimum Gasteiger partial charge on any atom is -0.480 e. The lowest BCUT2D eigenvalue weighted by atomic mass is 9.85. The number of hydrogen-bond donors (Lipinski definition) is 1. The number of pyridine rings is 1. The number of carboxylic acid groups (broad SMARTS) is 1. The Morgan fingerprint density at radius 1 is 0.915 bits per heavy atom. The molecule has 0 aromatic carbocycles. The van der Waals surface area contributed by atoms with Gasteiger partial charge in [-0.3, -0.25) is 4.79 Å². The van der Waals surface area contributed by atoms with Gasteiger partial charge in [0.1, 0.15) is 25.3 Å². The zero-order valence-corrected chi connectivity index (χ0v) is 32.4. The third-order valence-corrected chi connectivity index (χ3v) is 17.9. The van der Waals surface area contributed by atoms with Crippen molar-refractivity contribution in [1.82, 2.24) is 13.6 Å². The fraction of sp³-hybridized carbons (Fsp3) is 0.677. The lowest BCUT2D eigenvalue weighted by molar-refractivity contribution is -0.141. The van der Waals surface area contributed by atoms with Gasteiger partial charge in [-0.05, 0) is 107 Å². The van der Waals surface area contributed by atoms with E-state index < -0.39 is 32.1 Å². The molecule has 3 aliphatic heterocycles. The van der Waals surface area contributed by atoms with Gasteiger partial charge in [0.25, 0.3) is 10.0 Å². The van der Waals surface area contributed by atoms with Gasteiger partial charge in [0.05, 0.1) is 4.47 Å². The van der Waals surface area contributed by atoms with Gasteiger partial charge in [-0.2, -0.15) is 8.61 Å². The summed E-state index contributed by atoms with van der Waals surface area (Å²) < 4.78 is 58.4. The Balaban J connectivity index is 0.975. The Hall–Kier alpha value is -0.810. The summed E-state index contributed by atoms with van der Waals surface area (Å²) in [7, 11) is -7.53. The van der Waals surface area contributed by atoms with Crippen LogP contribution >= 0.6 is 54.8 Å². The van der Waals surface area contributed by atoms with Crippen LogP contribution in [0.15, 0.2) is 36.4 Å². The second kappa shape index (κ2) is 14.8. The molecule has 5 heterocycles. The normalized spacial score (nSPS) is 25.7. The van der Waals surface area contributed by atoms with Crippen LogP contribution in [0.5, 0.6) is 0 Å². The molecule has 3 atom stereocenters. The Kier molecular flexibility index (Phi) is 11.3. The largest absolute Gasteiger partial charge is 0.480 e. The third-order valence-electron chi connectivity index (χ3n) is 10.6. The summed E-state index contributed by atoms with van der Waals surface area (Å²) in [6, 6.07) is 1.88. The Labute approximate surface area is 303 Å². The number of carboxylic acids is 1. The molecule has 4 aliphatic rings. The van der Waals surface area contributed by atoms with E-state index >= 15 is 0 Å². The van der Waals surface area contributed by atoms with E-state index in [2.05, 4.69) is 41.7 Å². The number of carbonyl (C=O) groups is 1. The number of anilines is 1. The zero-order valence-electron chi connectivity index (χ0n) is 26.1. The first-order valence-electron chi connectivity index (χ1n) is 16.5. The maximum absolute atomic E-state index is 13.8. The number of nitrogens with zero attached hydrogens (tertiary/aromatic N) is 4. The molecule has 6 rings (SSSR count). The van der Waals surface area contributed by atoms with E-state index in [1.165, 1.54) is 10.5 Å². The topological polar surface area (TPSA) is 128 Å². The van der Waals surface area contributed by atoms with Crippen molar-refractivity contribution in [3.63, 3.8) is 0 Å². The van der Waals surface area contributed by atoms with Crippen molar-refractivity contribution in [2.45, 2.75) is 98.2 Å². The lowest BCUT2D eigenvalue weighted by Gasteiger charge is -2.34. The second-order valence-corrected chi connectivity index (χ2v) is 20.8. The van der Waals surface area contributed by atoms with Crippen molar-refractivity contribution in [1.29, 1.82) is 0 Å². The van der Waals surface area contributed by atoms with Crippen molar-refractivity contribution in [2.75, 3.05) is 31.1 Å². The zero-order chi connectivity index (χ0) is 33.5. The number of hydrogen-bond acceptors (Lipinski definition) is 8. The second-order valence-electron chi connectivity index (χ2n) is 13.4. The van der Waals surface area contributed by atoms with Gasteiger partial charge >= 0.3 is 5.97 Å². The fourth-order valence-electron chi connectivity index (χ4n) is 8.03. The molecule has 2 unspecified atom stereocenters. The molecule has 0 spiro atoms. The van der Waals surface area contributed by atoms with E-state index in [-0.39, 0.29) is 21.1 Å². The van der Waals surface area contributed by atoms with Gasteiger partial charge in [0.2, 0.25) is 10.0 Å². The van der Waals surface area contributed by atoms with Crippen LogP contribution < -0.4 is 4.90 Å². The molecule has 16 heteroatoms. The quantitative estimate of drug-likeness (QED) is 0.266. The number of sulfonamides is 2. The Morgan fingerprint density at radius 3 is 2.15 bits per heavy atom. The first kappa shape index (κ1) is 36.0. The summed E-state index contributed by atoms with van der Waals surface area (Å²) >= 11 is 14.1. The van der Waals surface area contributed by atoms with Crippen molar-refractivity contribution in [2.24, 2.45) is 17.8 Å². The smallest absolute Gasteiger partial charge is 0.322 e. The van der Waals surface area contributed by atoms with E-state index in [9.17, 15) is 26.7 Å².